The number of rotatable bonds is 4. The molecule has 5 heteroatoms. The van der Waals surface area contributed by atoms with Crippen LogP contribution in [-0.2, 0) is 0 Å². The fraction of sp³-hybridized carbons (Fsp3) is 0.182. The van der Waals surface area contributed by atoms with E-state index in [1.54, 1.807) is 12.1 Å². The topological polar surface area (TPSA) is 40.2 Å². The van der Waals surface area contributed by atoms with E-state index in [0.717, 1.165) is 40.8 Å². The van der Waals surface area contributed by atoms with Crippen LogP contribution < -0.4 is 21.9 Å². The third kappa shape index (κ3) is 3.40. The van der Waals surface area contributed by atoms with Crippen molar-refractivity contribution in [2.45, 2.75) is 13.8 Å². The quantitative estimate of drug-likeness (QED) is 0.428. The average molecular weight is 380 g/mol. The van der Waals surface area contributed by atoms with Gasteiger partial charge in [-0.25, -0.2) is 4.98 Å². The molecule has 0 atom stereocenters. The number of aromatic nitrogens is 2. The lowest BCUT2D eigenvalue weighted by Gasteiger charge is -2.20. The molecule has 0 fully saturated rings. The first-order chi connectivity index (χ1) is 12.7. The molecule has 0 radical (unpaired) electrons. The van der Waals surface area contributed by atoms with Gasteiger partial charge in [0, 0.05) is 37.0 Å². The molecule has 0 spiro atoms. The molecule has 0 aliphatic heterocycles. The molecule has 0 saturated carbocycles. The van der Waals surface area contributed by atoms with E-state index in [-0.39, 0.29) is 18.2 Å². The summed E-state index contributed by atoms with van der Waals surface area (Å²) >= 11 is 0. The molecular weight excluding hydrogens is 358 g/mol. The van der Waals surface area contributed by atoms with Gasteiger partial charge in [0.1, 0.15) is 16.8 Å². The van der Waals surface area contributed by atoms with Crippen molar-refractivity contribution in [2.24, 2.45) is 0 Å². The van der Waals surface area contributed by atoms with Crippen LogP contribution >= 0.6 is 0 Å². The number of phenols is 1. The zero-order valence-electron chi connectivity index (χ0n) is 15.4. The van der Waals surface area contributed by atoms with Gasteiger partial charge in [-0.3, -0.25) is 0 Å². The van der Waals surface area contributed by atoms with Gasteiger partial charge in [0.05, 0.1) is 6.07 Å². The molecule has 0 aliphatic rings. The number of aromatic hydroxyl groups is 1. The van der Waals surface area contributed by atoms with Crippen molar-refractivity contribution < 1.29 is 22.1 Å². The third-order valence-electron chi connectivity index (χ3n) is 4.78. The lowest BCUT2D eigenvalue weighted by Crippen LogP contribution is -3.00. The van der Waals surface area contributed by atoms with Crippen LogP contribution in [0.3, 0.4) is 0 Å². The minimum Gasteiger partial charge on any atom is -1.00 e. The summed E-state index contributed by atoms with van der Waals surface area (Å²) in [7, 11) is 0. The monoisotopic (exact) mass is 379 g/mol. The average Bonchev–Trinajstić information content (AvgIpc) is 2.68. The van der Waals surface area contributed by atoms with E-state index in [0.29, 0.717) is 0 Å². The van der Waals surface area contributed by atoms with Gasteiger partial charge in [0.2, 0.25) is 16.7 Å². The van der Waals surface area contributed by atoms with Crippen molar-refractivity contribution in [1.82, 2.24) is 4.98 Å². The minimum absolute atomic E-state index is 0. The lowest BCUT2D eigenvalue weighted by atomic mass is 10.2. The van der Waals surface area contributed by atoms with Gasteiger partial charge in [-0.2, -0.15) is 0 Å². The van der Waals surface area contributed by atoms with E-state index in [9.17, 15) is 5.11 Å². The molecular formula is C22H22ClN3O. The van der Waals surface area contributed by atoms with Gasteiger partial charge in [-0.1, -0.05) is 18.2 Å². The largest absolute Gasteiger partial charge is 1.00 e. The maximum Gasteiger partial charge on any atom is 0.241 e. The highest BCUT2D eigenvalue weighted by atomic mass is 35.5. The number of benzene rings is 3. The van der Waals surface area contributed by atoms with Crippen molar-refractivity contribution in [2.75, 3.05) is 18.0 Å². The Morgan fingerprint density at radius 2 is 1.48 bits per heavy atom. The summed E-state index contributed by atoms with van der Waals surface area (Å²) in [4.78, 5) is 7.13. The summed E-state index contributed by atoms with van der Waals surface area (Å²) in [6.07, 6.45) is 0. The number of nitrogens with zero attached hydrogens (tertiary/aromatic N) is 3. The first-order valence-electron chi connectivity index (χ1n) is 9.00. The second kappa shape index (κ2) is 7.80. The Hall–Kier alpha value is -2.85. The molecule has 4 nitrogen and oxygen atoms in total. The summed E-state index contributed by atoms with van der Waals surface area (Å²) < 4.78 is 2.17. The Morgan fingerprint density at radius 3 is 2.15 bits per heavy atom. The maximum absolute atomic E-state index is 10.0. The van der Waals surface area contributed by atoms with Gasteiger partial charge in [0.15, 0.2) is 0 Å². The van der Waals surface area contributed by atoms with Gasteiger partial charge in [-0.05, 0) is 38.1 Å². The second-order valence-electron chi connectivity index (χ2n) is 6.30. The minimum atomic E-state index is 0. The molecule has 0 amide bonds. The van der Waals surface area contributed by atoms with E-state index >= 15 is 0 Å². The van der Waals surface area contributed by atoms with E-state index in [2.05, 4.69) is 53.6 Å². The fourth-order valence-corrected chi connectivity index (χ4v) is 3.47. The van der Waals surface area contributed by atoms with Crippen molar-refractivity contribution >= 4 is 27.8 Å². The zero-order chi connectivity index (χ0) is 18.1. The summed E-state index contributed by atoms with van der Waals surface area (Å²) in [6, 6.07) is 21.9. The van der Waals surface area contributed by atoms with Gasteiger partial charge in [0.25, 0.3) is 0 Å². The Bertz CT molecular complexity index is 1080. The Balaban J connectivity index is 0.00000210. The number of fused-ring (bicyclic) bond motifs is 2. The van der Waals surface area contributed by atoms with Crippen LogP contribution in [0, 0.1) is 0 Å². The van der Waals surface area contributed by atoms with Gasteiger partial charge < -0.3 is 22.4 Å². The number of anilines is 1. The molecule has 0 aliphatic carbocycles. The third-order valence-corrected chi connectivity index (χ3v) is 4.78. The van der Waals surface area contributed by atoms with Crippen molar-refractivity contribution in [3.8, 4) is 11.4 Å². The van der Waals surface area contributed by atoms with Crippen LogP contribution in [0.2, 0.25) is 0 Å². The van der Waals surface area contributed by atoms with E-state index in [1.165, 1.54) is 5.69 Å². The van der Waals surface area contributed by atoms with Crippen LogP contribution in [0.1, 0.15) is 13.8 Å². The summed E-state index contributed by atoms with van der Waals surface area (Å²) in [6.45, 7) is 6.23. The van der Waals surface area contributed by atoms with Crippen molar-refractivity contribution in [3.05, 3.63) is 66.7 Å². The highest BCUT2D eigenvalue weighted by Crippen LogP contribution is 2.24. The van der Waals surface area contributed by atoms with Crippen LogP contribution in [0.15, 0.2) is 66.7 Å². The molecule has 0 saturated heterocycles. The molecule has 1 aromatic heterocycles. The smallest absolute Gasteiger partial charge is 0.241 e. The van der Waals surface area contributed by atoms with Crippen LogP contribution in [0.4, 0.5) is 5.69 Å². The predicted octanol–water partition coefficient (Wildman–Crippen LogP) is 1.22. The van der Waals surface area contributed by atoms with Crippen LogP contribution in [-0.4, -0.2) is 23.2 Å². The molecule has 0 bridgehead atoms. The standard InChI is InChI=1S/C22H21N3O.ClH/c1-3-24(4-2)17-10-12-19-21(14-17)25(16-8-6-5-7-9-16)22-15-18(26)11-13-20(22)23-19;/h5-15H,3-4H2,1-2H3;1H. The normalized spacial score (nSPS) is 10.7. The molecule has 3 aromatic carbocycles. The molecule has 1 N–H and O–H groups in total. The Morgan fingerprint density at radius 1 is 0.852 bits per heavy atom. The molecule has 27 heavy (non-hydrogen) atoms. The number of para-hydroxylation sites is 1. The van der Waals surface area contributed by atoms with Crippen LogP contribution in [0.25, 0.3) is 27.8 Å². The number of hydrogen-bond acceptors (Lipinski definition) is 3. The number of phenolic OH excluding ortho intramolecular Hbond substituents is 1. The van der Waals surface area contributed by atoms with Crippen molar-refractivity contribution in [3.63, 3.8) is 0 Å². The Labute approximate surface area is 165 Å². The molecule has 0 unspecified atom stereocenters. The van der Waals surface area contributed by atoms with Crippen LogP contribution in [0.5, 0.6) is 5.75 Å². The van der Waals surface area contributed by atoms with Gasteiger partial charge in [-0.15, -0.1) is 4.57 Å². The van der Waals surface area contributed by atoms with Gasteiger partial charge >= 0.3 is 0 Å². The zero-order valence-corrected chi connectivity index (χ0v) is 16.2. The van der Waals surface area contributed by atoms with Crippen molar-refractivity contribution in [1.29, 1.82) is 0 Å². The molecule has 4 aromatic rings. The molecule has 4 rings (SSSR count). The van der Waals surface area contributed by atoms with E-state index in [1.807, 2.05) is 24.3 Å². The first-order valence-corrected chi connectivity index (χ1v) is 9.00. The summed E-state index contributed by atoms with van der Waals surface area (Å²) in [5.74, 6) is 0.239. The highest BCUT2D eigenvalue weighted by Gasteiger charge is 2.20. The first kappa shape index (κ1) is 18.9. The number of hydrogen-bond donors (Lipinski definition) is 1. The lowest BCUT2D eigenvalue weighted by molar-refractivity contribution is -0.538. The molecule has 138 valence electrons. The number of halogens is 1. The van der Waals surface area contributed by atoms with E-state index in [4.69, 9.17) is 4.98 Å². The van der Waals surface area contributed by atoms with E-state index < -0.39 is 0 Å². The second-order valence-corrected chi connectivity index (χ2v) is 6.30. The maximum atomic E-state index is 10.0. The SMILES string of the molecule is CCN(CC)c1ccc2nc3ccc(O)cc3[n+](-c3ccccc3)c2c1.[Cl-]. The molecule has 1 heterocycles. The fourth-order valence-electron chi connectivity index (χ4n) is 3.47. The Kier molecular flexibility index (Phi) is 5.47. The summed E-state index contributed by atoms with van der Waals surface area (Å²) in [5, 5.41) is 10.0. The summed E-state index contributed by atoms with van der Waals surface area (Å²) in [5.41, 5.74) is 5.93. The highest BCUT2D eigenvalue weighted by molar-refractivity contribution is 5.85. The predicted molar refractivity (Wildman–Crippen MR) is 106 cm³/mol.